The van der Waals surface area contributed by atoms with Gasteiger partial charge in [-0.05, 0) is 12.1 Å². The van der Waals surface area contributed by atoms with Gasteiger partial charge in [0.1, 0.15) is 11.1 Å². The molecule has 4 heteroatoms. The molecule has 0 unspecified atom stereocenters. The van der Waals surface area contributed by atoms with Crippen molar-refractivity contribution in [3.63, 3.8) is 0 Å². The van der Waals surface area contributed by atoms with Crippen LogP contribution >= 0.6 is 11.6 Å². The SMILES string of the molecule is Clc1cc2oc3ccccc3c2nn1. The van der Waals surface area contributed by atoms with E-state index in [2.05, 4.69) is 10.2 Å². The van der Waals surface area contributed by atoms with Gasteiger partial charge in [0.05, 0.1) is 0 Å². The zero-order valence-electron chi connectivity index (χ0n) is 7.07. The fourth-order valence-corrected chi connectivity index (χ4v) is 1.62. The molecule has 0 fully saturated rings. The van der Waals surface area contributed by atoms with E-state index in [4.69, 9.17) is 16.0 Å². The first-order chi connectivity index (χ1) is 6.84. The summed E-state index contributed by atoms with van der Waals surface area (Å²) >= 11 is 5.71. The topological polar surface area (TPSA) is 38.9 Å². The van der Waals surface area contributed by atoms with E-state index >= 15 is 0 Å². The van der Waals surface area contributed by atoms with E-state index in [1.165, 1.54) is 0 Å². The average molecular weight is 205 g/mol. The molecule has 0 saturated carbocycles. The fourth-order valence-electron chi connectivity index (χ4n) is 1.49. The van der Waals surface area contributed by atoms with Crippen LogP contribution in [0.1, 0.15) is 0 Å². The van der Waals surface area contributed by atoms with Crippen molar-refractivity contribution in [2.75, 3.05) is 0 Å². The van der Waals surface area contributed by atoms with Gasteiger partial charge >= 0.3 is 0 Å². The van der Waals surface area contributed by atoms with Gasteiger partial charge in [-0.1, -0.05) is 23.7 Å². The van der Waals surface area contributed by atoms with Gasteiger partial charge in [-0.2, -0.15) is 0 Å². The number of aromatic nitrogens is 2. The summed E-state index contributed by atoms with van der Waals surface area (Å²) in [7, 11) is 0. The van der Waals surface area contributed by atoms with Crippen molar-refractivity contribution in [1.82, 2.24) is 10.2 Å². The molecule has 3 aromatic rings. The van der Waals surface area contributed by atoms with E-state index < -0.39 is 0 Å². The van der Waals surface area contributed by atoms with Gasteiger partial charge in [0.2, 0.25) is 0 Å². The highest BCUT2D eigenvalue weighted by Gasteiger charge is 2.07. The Bertz CT molecular complexity index is 618. The molecule has 0 aliphatic carbocycles. The summed E-state index contributed by atoms with van der Waals surface area (Å²) < 4.78 is 5.55. The van der Waals surface area contributed by atoms with Gasteiger partial charge in [-0.25, -0.2) is 0 Å². The predicted octanol–water partition coefficient (Wildman–Crippen LogP) is 3.03. The predicted molar refractivity (Wildman–Crippen MR) is 54.3 cm³/mol. The minimum atomic E-state index is 0.344. The fraction of sp³-hybridized carbons (Fsp3) is 0. The molecule has 0 N–H and O–H groups in total. The van der Waals surface area contributed by atoms with Crippen LogP contribution in [0.25, 0.3) is 22.1 Å². The molecule has 68 valence electrons. The van der Waals surface area contributed by atoms with Gasteiger partial charge in [-0.3, -0.25) is 0 Å². The lowest BCUT2D eigenvalue weighted by molar-refractivity contribution is 0.667. The van der Waals surface area contributed by atoms with Crippen LogP contribution in [0.4, 0.5) is 0 Å². The summed E-state index contributed by atoms with van der Waals surface area (Å²) in [5, 5.41) is 9.09. The molecule has 0 aliphatic heterocycles. The molecule has 14 heavy (non-hydrogen) atoms. The molecule has 0 aliphatic rings. The number of hydrogen-bond acceptors (Lipinski definition) is 3. The van der Waals surface area contributed by atoms with Crippen LogP contribution in [0.15, 0.2) is 34.7 Å². The highest BCUT2D eigenvalue weighted by molar-refractivity contribution is 6.30. The lowest BCUT2D eigenvalue weighted by atomic mass is 10.2. The quantitative estimate of drug-likeness (QED) is 0.565. The highest BCUT2D eigenvalue weighted by atomic mass is 35.5. The molecule has 0 amide bonds. The van der Waals surface area contributed by atoms with E-state index in [0.717, 1.165) is 16.5 Å². The number of rotatable bonds is 0. The van der Waals surface area contributed by atoms with Crippen LogP contribution in [0.5, 0.6) is 0 Å². The van der Waals surface area contributed by atoms with Crippen LogP contribution in [0.2, 0.25) is 5.15 Å². The number of hydrogen-bond donors (Lipinski definition) is 0. The van der Waals surface area contributed by atoms with E-state index in [1.807, 2.05) is 24.3 Å². The lowest BCUT2D eigenvalue weighted by Gasteiger charge is -1.86. The Labute approximate surface area is 84.3 Å². The third kappa shape index (κ3) is 0.992. The van der Waals surface area contributed by atoms with Gasteiger partial charge in [-0.15, -0.1) is 10.2 Å². The average Bonchev–Trinajstić information content (AvgIpc) is 2.54. The monoisotopic (exact) mass is 204 g/mol. The Morgan fingerprint density at radius 2 is 1.93 bits per heavy atom. The Hall–Kier alpha value is -1.61. The second-order valence-electron chi connectivity index (χ2n) is 2.98. The molecule has 1 aromatic carbocycles. The maximum Gasteiger partial charge on any atom is 0.158 e. The van der Waals surface area contributed by atoms with Crippen molar-refractivity contribution in [3.8, 4) is 0 Å². The molecular weight excluding hydrogens is 200 g/mol. The first-order valence-corrected chi connectivity index (χ1v) is 4.53. The maximum absolute atomic E-state index is 5.71. The van der Waals surface area contributed by atoms with Crippen LogP contribution in [0, 0.1) is 0 Å². The summed E-state index contributed by atoms with van der Waals surface area (Å²) in [5.74, 6) is 0. The molecule has 3 nitrogen and oxygen atoms in total. The van der Waals surface area contributed by atoms with Crippen molar-refractivity contribution < 1.29 is 4.42 Å². The first kappa shape index (κ1) is 7.76. The minimum Gasteiger partial charge on any atom is -0.454 e. The first-order valence-electron chi connectivity index (χ1n) is 4.15. The van der Waals surface area contributed by atoms with Gasteiger partial charge in [0.25, 0.3) is 0 Å². The van der Waals surface area contributed by atoms with Crippen molar-refractivity contribution >= 4 is 33.7 Å². The molecule has 3 rings (SSSR count). The maximum atomic E-state index is 5.71. The highest BCUT2D eigenvalue weighted by Crippen LogP contribution is 2.26. The van der Waals surface area contributed by atoms with E-state index in [0.29, 0.717) is 10.7 Å². The number of nitrogens with zero attached hydrogens (tertiary/aromatic N) is 2. The van der Waals surface area contributed by atoms with Crippen LogP contribution in [-0.4, -0.2) is 10.2 Å². The zero-order chi connectivity index (χ0) is 9.54. The standard InChI is InChI=1S/C10H5ClN2O/c11-9-5-8-10(13-12-9)6-3-1-2-4-7(6)14-8/h1-5H. The number of halogens is 1. The Morgan fingerprint density at radius 1 is 1.07 bits per heavy atom. The lowest BCUT2D eigenvalue weighted by Crippen LogP contribution is -1.80. The number of furan rings is 1. The molecule has 0 bridgehead atoms. The molecule has 0 saturated heterocycles. The summed E-state index contributed by atoms with van der Waals surface area (Å²) in [6.45, 7) is 0. The summed E-state index contributed by atoms with van der Waals surface area (Å²) in [4.78, 5) is 0. The van der Waals surface area contributed by atoms with Crippen LogP contribution in [-0.2, 0) is 0 Å². The summed E-state index contributed by atoms with van der Waals surface area (Å²) in [5.41, 5.74) is 2.23. The number of fused-ring (bicyclic) bond motifs is 3. The Kier molecular flexibility index (Phi) is 1.49. The molecule has 2 aromatic heterocycles. The largest absolute Gasteiger partial charge is 0.454 e. The third-order valence-electron chi connectivity index (χ3n) is 2.09. The summed E-state index contributed by atoms with van der Waals surface area (Å²) in [6, 6.07) is 9.37. The van der Waals surface area contributed by atoms with Crippen molar-refractivity contribution in [2.45, 2.75) is 0 Å². The second-order valence-corrected chi connectivity index (χ2v) is 3.37. The van der Waals surface area contributed by atoms with Gasteiger partial charge < -0.3 is 4.42 Å². The smallest absolute Gasteiger partial charge is 0.158 e. The van der Waals surface area contributed by atoms with Gasteiger partial charge in [0.15, 0.2) is 10.7 Å². The minimum absolute atomic E-state index is 0.344. The normalized spacial score (nSPS) is 11.2. The van der Waals surface area contributed by atoms with Crippen LogP contribution < -0.4 is 0 Å². The van der Waals surface area contributed by atoms with E-state index in [1.54, 1.807) is 6.07 Å². The number of benzene rings is 1. The molecule has 0 atom stereocenters. The molecule has 2 heterocycles. The molecule has 0 radical (unpaired) electrons. The molecular formula is C10H5ClN2O. The van der Waals surface area contributed by atoms with Crippen molar-refractivity contribution in [1.29, 1.82) is 0 Å². The third-order valence-corrected chi connectivity index (χ3v) is 2.28. The van der Waals surface area contributed by atoms with E-state index in [-0.39, 0.29) is 0 Å². The van der Waals surface area contributed by atoms with Gasteiger partial charge in [0, 0.05) is 11.5 Å². The van der Waals surface area contributed by atoms with Crippen molar-refractivity contribution in [3.05, 3.63) is 35.5 Å². The summed E-state index contributed by atoms with van der Waals surface area (Å²) in [6.07, 6.45) is 0. The Morgan fingerprint density at radius 3 is 2.86 bits per heavy atom. The van der Waals surface area contributed by atoms with Crippen molar-refractivity contribution in [2.24, 2.45) is 0 Å². The number of para-hydroxylation sites is 1. The van der Waals surface area contributed by atoms with E-state index in [9.17, 15) is 0 Å². The zero-order valence-corrected chi connectivity index (χ0v) is 7.82. The Balaban J connectivity index is 2.57. The second kappa shape index (κ2) is 2.69. The van der Waals surface area contributed by atoms with Crippen LogP contribution in [0.3, 0.4) is 0 Å². The molecule has 0 spiro atoms.